The zero-order valence-corrected chi connectivity index (χ0v) is 12.2. The molecule has 0 saturated carbocycles. The first kappa shape index (κ1) is 13.7. The molecule has 0 aromatic heterocycles. The number of rotatable bonds is 4. The molecule has 0 bridgehead atoms. The van der Waals surface area contributed by atoms with Crippen LogP contribution in [0.4, 0.5) is 0 Å². The Morgan fingerprint density at radius 1 is 0.762 bits per heavy atom. The number of fused-ring (bicyclic) bond motifs is 1. The highest BCUT2D eigenvalue weighted by Gasteiger charge is 2.28. The van der Waals surface area contributed by atoms with E-state index in [1.807, 2.05) is 61.5 Å². The van der Waals surface area contributed by atoms with E-state index in [9.17, 15) is 0 Å². The third-order valence-electron chi connectivity index (χ3n) is 3.74. The second-order valence-corrected chi connectivity index (χ2v) is 5.10. The molecule has 0 amide bonds. The van der Waals surface area contributed by atoms with Crippen molar-refractivity contribution in [2.75, 3.05) is 7.11 Å². The lowest BCUT2D eigenvalue weighted by atomic mass is 10.1. The van der Waals surface area contributed by atoms with E-state index in [-0.39, 0.29) is 0 Å². The van der Waals surface area contributed by atoms with Gasteiger partial charge in [-0.2, -0.15) is 0 Å². The van der Waals surface area contributed by atoms with Gasteiger partial charge in [0.1, 0.15) is 5.75 Å². The van der Waals surface area contributed by atoms with Crippen LogP contribution in [0.2, 0.25) is 0 Å². The van der Waals surface area contributed by atoms with Gasteiger partial charge >= 0.3 is 0 Å². The zero-order chi connectivity index (χ0) is 14.7. The van der Waals surface area contributed by atoms with E-state index in [0.717, 1.165) is 22.1 Å². The summed E-state index contributed by atoms with van der Waals surface area (Å²) in [6, 6.07) is 24.2. The number of benzene rings is 3. The van der Waals surface area contributed by atoms with Crippen LogP contribution in [0.1, 0.15) is 12.5 Å². The summed E-state index contributed by atoms with van der Waals surface area (Å²) in [5.41, 5.74) is 0.987. The third-order valence-corrected chi connectivity index (χ3v) is 3.74. The zero-order valence-electron chi connectivity index (χ0n) is 12.2. The van der Waals surface area contributed by atoms with Gasteiger partial charge in [-0.05, 0) is 11.5 Å². The summed E-state index contributed by atoms with van der Waals surface area (Å²) in [5, 5.41) is 2.24. The van der Waals surface area contributed by atoms with E-state index in [1.165, 1.54) is 0 Å². The fourth-order valence-electron chi connectivity index (χ4n) is 2.45. The number of hydrogen-bond donors (Lipinski definition) is 0. The van der Waals surface area contributed by atoms with Crippen molar-refractivity contribution in [3.63, 3.8) is 0 Å². The Morgan fingerprint density at radius 3 is 2.19 bits per heavy atom. The van der Waals surface area contributed by atoms with Crippen molar-refractivity contribution in [2.24, 2.45) is 0 Å². The number of ether oxygens (including phenoxy) is 2. The van der Waals surface area contributed by atoms with Gasteiger partial charge in [0.2, 0.25) is 5.79 Å². The van der Waals surface area contributed by atoms with Crippen molar-refractivity contribution in [1.29, 1.82) is 0 Å². The van der Waals surface area contributed by atoms with Crippen LogP contribution in [0.5, 0.6) is 5.75 Å². The van der Waals surface area contributed by atoms with Crippen LogP contribution < -0.4 is 4.74 Å². The van der Waals surface area contributed by atoms with Crippen LogP contribution in [0.25, 0.3) is 10.8 Å². The fourth-order valence-corrected chi connectivity index (χ4v) is 2.45. The monoisotopic (exact) mass is 278 g/mol. The minimum atomic E-state index is -0.814. The highest BCUT2D eigenvalue weighted by Crippen LogP contribution is 2.33. The highest BCUT2D eigenvalue weighted by molar-refractivity contribution is 5.88. The van der Waals surface area contributed by atoms with Crippen molar-refractivity contribution in [2.45, 2.75) is 12.7 Å². The topological polar surface area (TPSA) is 18.5 Å². The van der Waals surface area contributed by atoms with Crippen molar-refractivity contribution in [3.05, 3.63) is 78.4 Å². The molecule has 21 heavy (non-hydrogen) atoms. The van der Waals surface area contributed by atoms with E-state index in [1.54, 1.807) is 7.11 Å². The second-order valence-electron chi connectivity index (χ2n) is 5.10. The number of hydrogen-bond acceptors (Lipinski definition) is 2. The Balaban J connectivity index is 2.04. The normalized spacial score (nSPS) is 13.8. The second kappa shape index (κ2) is 5.58. The minimum absolute atomic E-state index is 0.814. The van der Waals surface area contributed by atoms with E-state index >= 15 is 0 Å². The van der Waals surface area contributed by atoms with Gasteiger partial charge < -0.3 is 9.47 Å². The van der Waals surface area contributed by atoms with Gasteiger partial charge in [-0.1, -0.05) is 66.7 Å². The van der Waals surface area contributed by atoms with Crippen molar-refractivity contribution < 1.29 is 9.47 Å². The van der Waals surface area contributed by atoms with Crippen LogP contribution in [0.3, 0.4) is 0 Å². The van der Waals surface area contributed by atoms with Crippen LogP contribution >= 0.6 is 0 Å². The molecule has 0 aliphatic carbocycles. The van der Waals surface area contributed by atoms with E-state index in [4.69, 9.17) is 9.47 Å². The molecule has 3 rings (SSSR count). The molecule has 0 N–H and O–H groups in total. The van der Waals surface area contributed by atoms with Crippen molar-refractivity contribution >= 4 is 10.8 Å². The Bertz CT molecular complexity index is 731. The van der Waals surface area contributed by atoms with E-state index < -0.39 is 5.79 Å². The van der Waals surface area contributed by atoms with Crippen LogP contribution in [-0.2, 0) is 10.5 Å². The molecule has 3 aromatic rings. The van der Waals surface area contributed by atoms with Crippen LogP contribution in [0, 0.1) is 0 Å². The molecule has 0 aliphatic rings. The summed E-state index contributed by atoms with van der Waals surface area (Å²) in [7, 11) is 1.66. The fraction of sp³-hybridized carbons (Fsp3) is 0.158. The van der Waals surface area contributed by atoms with Crippen molar-refractivity contribution in [3.8, 4) is 5.75 Å². The highest BCUT2D eigenvalue weighted by atomic mass is 16.7. The summed E-state index contributed by atoms with van der Waals surface area (Å²) in [6.45, 7) is 1.93. The Labute approximate surface area is 124 Å². The largest absolute Gasteiger partial charge is 0.458 e. The molecule has 106 valence electrons. The Kier molecular flexibility index (Phi) is 3.63. The van der Waals surface area contributed by atoms with Gasteiger partial charge in [-0.25, -0.2) is 0 Å². The molecule has 1 atom stereocenters. The average Bonchev–Trinajstić information content (AvgIpc) is 2.56. The Morgan fingerprint density at radius 2 is 1.43 bits per heavy atom. The molecule has 0 radical (unpaired) electrons. The first-order valence-corrected chi connectivity index (χ1v) is 7.00. The third kappa shape index (κ3) is 2.63. The molecule has 2 heteroatoms. The first-order valence-electron chi connectivity index (χ1n) is 7.00. The maximum Gasteiger partial charge on any atom is 0.234 e. The SMILES string of the molecule is COC(C)(Oc1cccc2ccccc12)c1ccccc1. The predicted molar refractivity (Wildman–Crippen MR) is 85.4 cm³/mol. The van der Waals surface area contributed by atoms with Gasteiger partial charge in [0.25, 0.3) is 0 Å². The van der Waals surface area contributed by atoms with Gasteiger partial charge in [-0.3, -0.25) is 0 Å². The maximum absolute atomic E-state index is 6.23. The lowest BCUT2D eigenvalue weighted by molar-refractivity contribution is -0.156. The lowest BCUT2D eigenvalue weighted by Gasteiger charge is -2.30. The summed E-state index contributed by atoms with van der Waals surface area (Å²) in [4.78, 5) is 0. The molecule has 0 aliphatic heterocycles. The molecule has 0 spiro atoms. The molecule has 1 unspecified atom stereocenters. The lowest BCUT2D eigenvalue weighted by Crippen LogP contribution is -2.31. The first-order chi connectivity index (χ1) is 10.2. The van der Waals surface area contributed by atoms with Gasteiger partial charge in [0, 0.05) is 25.0 Å². The molecule has 0 heterocycles. The average molecular weight is 278 g/mol. The van der Waals surface area contributed by atoms with Crippen molar-refractivity contribution in [1.82, 2.24) is 0 Å². The quantitative estimate of drug-likeness (QED) is 0.642. The smallest absolute Gasteiger partial charge is 0.234 e. The van der Waals surface area contributed by atoms with E-state index in [2.05, 4.69) is 18.2 Å². The van der Waals surface area contributed by atoms with Gasteiger partial charge in [0.15, 0.2) is 0 Å². The molecular formula is C19H18O2. The standard InChI is InChI=1S/C19H18O2/c1-19(20-2,16-11-4-3-5-12-16)21-18-14-8-10-15-9-6-7-13-17(15)18/h3-14H,1-2H3. The summed E-state index contributed by atoms with van der Waals surface area (Å²) in [5.74, 6) is 0.00655. The maximum atomic E-state index is 6.23. The molecule has 0 saturated heterocycles. The molecule has 2 nitrogen and oxygen atoms in total. The van der Waals surface area contributed by atoms with Crippen LogP contribution in [-0.4, -0.2) is 7.11 Å². The number of methoxy groups -OCH3 is 1. The van der Waals surface area contributed by atoms with Gasteiger partial charge in [0.05, 0.1) is 0 Å². The molecule has 0 fully saturated rings. The van der Waals surface area contributed by atoms with Crippen LogP contribution in [0.15, 0.2) is 72.8 Å². The van der Waals surface area contributed by atoms with E-state index in [0.29, 0.717) is 0 Å². The van der Waals surface area contributed by atoms with Gasteiger partial charge in [-0.15, -0.1) is 0 Å². The predicted octanol–water partition coefficient (Wildman–Crippen LogP) is 4.74. The molecule has 3 aromatic carbocycles. The summed E-state index contributed by atoms with van der Waals surface area (Å²) < 4.78 is 11.9. The summed E-state index contributed by atoms with van der Waals surface area (Å²) >= 11 is 0. The Hall–Kier alpha value is -2.32. The minimum Gasteiger partial charge on any atom is -0.458 e. The molecular weight excluding hydrogens is 260 g/mol. The summed E-state index contributed by atoms with van der Waals surface area (Å²) in [6.07, 6.45) is 0.